The Morgan fingerprint density at radius 3 is 2.49 bits per heavy atom. The molecule has 0 atom stereocenters. The third-order valence-electron chi connectivity index (χ3n) is 5.78. The first-order valence-corrected chi connectivity index (χ1v) is 11.8. The number of carbonyl (C=O) groups is 1. The van der Waals surface area contributed by atoms with Crippen molar-refractivity contribution in [2.24, 2.45) is 0 Å². The number of hydrogen-bond donors (Lipinski definition) is 1. The summed E-state index contributed by atoms with van der Waals surface area (Å²) in [6.45, 7) is 1.79. The molecule has 0 aliphatic carbocycles. The fraction of sp³-hybridized carbons (Fsp3) is 0.286. The van der Waals surface area contributed by atoms with Crippen molar-refractivity contribution in [3.63, 3.8) is 0 Å². The van der Waals surface area contributed by atoms with E-state index >= 15 is 0 Å². The van der Waals surface area contributed by atoms with Crippen LogP contribution in [0.2, 0.25) is 0 Å². The van der Waals surface area contributed by atoms with E-state index in [4.69, 9.17) is 19.2 Å². The van der Waals surface area contributed by atoms with Crippen LogP contribution in [0, 0.1) is 0 Å². The Balaban J connectivity index is 1.31. The summed E-state index contributed by atoms with van der Waals surface area (Å²) >= 11 is 0. The van der Waals surface area contributed by atoms with Gasteiger partial charge < -0.3 is 24.1 Å². The molecule has 7 heteroatoms. The number of carbonyl (C=O) groups excluding carboxylic acids is 1. The number of imidazole rings is 1. The van der Waals surface area contributed by atoms with E-state index < -0.39 is 0 Å². The molecule has 0 saturated heterocycles. The lowest BCUT2D eigenvalue weighted by Crippen LogP contribution is -2.26. The molecule has 1 heterocycles. The third-order valence-corrected chi connectivity index (χ3v) is 5.78. The van der Waals surface area contributed by atoms with Gasteiger partial charge in [-0.1, -0.05) is 30.3 Å². The Labute approximate surface area is 205 Å². The molecule has 4 aromatic rings. The summed E-state index contributed by atoms with van der Waals surface area (Å²) in [5.74, 6) is 3.33. The Morgan fingerprint density at radius 1 is 0.914 bits per heavy atom. The van der Waals surface area contributed by atoms with Gasteiger partial charge in [-0.2, -0.15) is 0 Å². The summed E-state index contributed by atoms with van der Waals surface area (Å²) in [6, 6.07) is 23.3. The molecule has 0 bridgehead atoms. The molecule has 0 spiro atoms. The van der Waals surface area contributed by atoms with Crippen molar-refractivity contribution >= 4 is 16.9 Å². The first-order valence-electron chi connectivity index (χ1n) is 11.8. The van der Waals surface area contributed by atoms with E-state index in [-0.39, 0.29) is 5.91 Å². The molecular formula is C28H31N3O4. The molecule has 1 amide bonds. The van der Waals surface area contributed by atoms with Crippen LogP contribution in [0.5, 0.6) is 17.2 Å². The second-order valence-corrected chi connectivity index (χ2v) is 8.17. The molecule has 0 unspecified atom stereocenters. The molecule has 7 nitrogen and oxygen atoms in total. The lowest BCUT2D eigenvalue weighted by molar-refractivity contribution is -0.120. The molecule has 1 aromatic heterocycles. The zero-order valence-corrected chi connectivity index (χ0v) is 20.2. The summed E-state index contributed by atoms with van der Waals surface area (Å²) < 4.78 is 18.6. The zero-order chi connectivity index (χ0) is 24.5. The molecular weight excluding hydrogens is 442 g/mol. The number of fused-ring (bicyclic) bond motifs is 1. The number of para-hydroxylation sites is 2. The zero-order valence-electron chi connectivity index (χ0n) is 20.2. The number of rotatable bonds is 12. The maximum Gasteiger partial charge on any atom is 0.224 e. The van der Waals surface area contributed by atoms with Gasteiger partial charge in [-0.15, -0.1) is 0 Å². The fourth-order valence-corrected chi connectivity index (χ4v) is 3.98. The Hall–Kier alpha value is -4.00. The number of benzene rings is 3. The Morgan fingerprint density at radius 2 is 1.69 bits per heavy atom. The first-order chi connectivity index (χ1) is 17.2. The molecule has 0 radical (unpaired) electrons. The quantitative estimate of drug-likeness (QED) is 0.308. The second kappa shape index (κ2) is 11.9. The van der Waals surface area contributed by atoms with Gasteiger partial charge in [0.15, 0.2) is 0 Å². The van der Waals surface area contributed by atoms with Gasteiger partial charge in [0, 0.05) is 19.0 Å². The van der Waals surface area contributed by atoms with Crippen molar-refractivity contribution < 1.29 is 19.0 Å². The monoisotopic (exact) mass is 473 g/mol. The van der Waals surface area contributed by atoms with Crippen LogP contribution >= 0.6 is 0 Å². The highest BCUT2D eigenvalue weighted by molar-refractivity contribution is 5.78. The van der Waals surface area contributed by atoms with Crippen molar-refractivity contribution in [2.45, 2.75) is 25.8 Å². The van der Waals surface area contributed by atoms with Crippen LogP contribution in [0.15, 0.2) is 72.8 Å². The van der Waals surface area contributed by atoms with Crippen LogP contribution in [0.3, 0.4) is 0 Å². The van der Waals surface area contributed by atoms with E-state index in [1.54, 1.807) is 14.2 Å². The highest BCUT2D eigenvalue weighted by atomic mass is 16.5. The van der Waals surface area contributed by atoms with Gasteiger partial charge in [0.05, 0.1) is 38.2 Å². The lowest BCUT2D eigenvalue weighted by Gasteiger charge is -2.12. The van der Waals surface area contributed by atoms with Crippen LogP contribution in [-0.4, -0.2) is 42.8 Å². The van der Waals surface area contributed by atoms with Crippen molar-refractivity contribution in [3.8, 4) is 17.2 Å². The molecule has 182 valence electrons. The van der Waals surface area contributed by atoms with Gasteiger partial charge in [-0.3, -0.25) is 4.79 Å². The number of aryl methyl sites for hydroxylation is 1. The van der Waals surface area contributed by atoms with E-state index in [1.165, 1.54) is 0 Å². The highest BCUT2D eigenvalue weighted by Gasteiger charge is 2.11. The van der Waals surface area contributed by atoms with Crippen LogP contribution in [0.25, 0.3) is 11.0 Å². The summed E-state index contributed by atoms with van der Waals surface area (Å²) in [6.07, 6.45) is 1.91. The summed E-state index contributed by atoms with van der Waals surface area (Å²) in [4.78, 5) is 17.1. The number of ether oxygens (including phenoxy) is 3. The van der Waals surface area contributed by atoms with Crippen molar-refractivity contribution in [1.29, 1.82) is 0 Å². The number of hydrogen-bond acceptors (Lipinski definition) is 5. The number of methoxy groups -OCH3 is 2. The molecule has 3 aromatic carbocycles. The average Bonchev–Trinajstić information content (AvgIpc) is 3.24. The van der Waals surface area contributed by atoms with Gasteiger partial charge in [0.25, 0.3) is 0 Å². The minimum Gasteiger partial charge on any atom is -0.497 e. The van der Waals surface area contributed by atoms with Crippen molar-refractivity contribution in [2.75, 3.05) is 27.4 Å². The summed E-state index contributed by atoms with van der Waals surface area (Å²) in [5, 5.41) is 3.01. The summed E-state index contributed by atoms with van der Waals surface area (Å²) in [5.41, 5.74) is 3.01. The van der Waals surface area contributed by atoms with Gasteiger partial charge in [-0.25, -0.2) is 4.98 Å². The summed E-state index contributed by atoms with van der Waals surface area (Å²) in [7, 11) is 3.27. The second-order valence-electron chi connectivity index (χ2n) is 8.17. The number of aromatic nitrogens is 2. The smallest absolute Gasteiger partial charge is 0.224 e. The Kier molecular flexibility index (Phi) is 8.22. The van der Waals surface area contributed by atoms with Crippen LogP contribution in [-0.2, 0) is 24.2 Å². The first kappa shape index (κ1) is 24.1. The molecule has 0 saturated carbocycles. The Bertz CT molecular complexity index is 1250. The third kappa shape index (κ3) is 6.53. The predicted molar refractivity (Wildman–Crippen MR) is 136 cm³/mol. The van der Waals surface area contributed by atoms with Crippen molar-refractivity contribution in [3.05, 3.63) is 84.2 Å². The molecule has 0 aliphatic rings. The average molecular weight is 474 g/mol. The van der Waals surface area contributed by atoms with E-state index in [0.29, 0.717) is 26.1 Å². The van der Waals surface area contributed by atoms with Crippen LogP contribution < -0.4 is 19.5 Å². The van der Waals surface area contributed by atoms with Gasteiger partial charge in [0.1, 0.15) is 29.7 Å². The SMILES string of the molecule is COc1ccc(CC(=O)NCCCc2nc3ccccc3n2CCOc2cccc(OC)c2)cc1. The van der Waals surface area contributed by atoms with Crippen LogP contribution in [0.1, 0.15) is 17.8 Å². The van der Waals surface area contributed by atoms with E-state index in [0.717, 1.165) is 52.5 Å². The van der Waals surface area contributed by atoms with E-state index in [2.05, 4.69) is 16.0 Å². The maximum atomic E-state index is 12.3. The standard InChI is InChI=1S/C28H31N3O4/c1-33-22-14-12-21(13-15-22)19-28(32)29-16-6-11-27-30-25-9-3-4-10-26(25)31(27)17-18-35-24-8-5-7-23(20-24)34-2/h3-5,7-10,12-15,20H,6,11,16-19H2,1-2H3,(H,29,32). The van der Waals surface area contributed by atoms with Crippen molar-refractivity contribution in [1.82, 2.24) is 14.9 Å². The number of nitrogens with one attached hydrogen (secondary N) is 1. The molecule has 1 N–H and O–H groups in total. The van der Waals surface area contributed by atoms with E-state index in [9.17, 15) is 4.79 Å². The minimum absolute atomic E-state index is 0.00959. The van der Waals surface area contributed by atoms with Crippen LogP contribution in [0.4, 0.5) is 0 Å². The lowest BCUT2D eigenvalue weighted by atomic mass is 10.1. The number of nitrogens with zero attached hydrogens (tertiary/aromatic N) is 2. The largest absolute Gasteiger partial charge is 0.497 e. The minimum atomic E-state index is 0.00959. The molecule has 0 fully saturated rings. The maximum absolute atomic E-state index is 12.3. The van der Waals surface area contributed by atoms with E-state index in [1.807, 2.05) is 66.7 Å². The van der Waals surface area contributed by atoms with Gasteiger partial charge in [-0.05, 0) is 48.4 Å². The highest BCUT2D eigenvalue weighted by Crippen LogP contribution is 2.20. The van der Waals surface area contributed by atoms with Gasteiger partial charge >= 0.3 is 0 Å². The normalized spacial score (nSPS) is 10.8. The van der Waals surface area contributed by atoms with Gasteiger partial charge in [0.2, 0.25) is 5.91 Å². The molecule has 4 rings (SSSR count). The number of amides is 1. The molecule has 35 heavy (non-hydrogen) atoms. The predicted octanol–water partition coefficient (Wildman–Crippen LogP) is 4.42. The topological polar surface area (TPSA) is 74.6 Å². The molecule has 0 aliphatic heterocycles. The fourth-order valence-electron chi connectivity index (χ4n) is 3.98.